The number of urea groups is 1. The third-order valence-electron chi connectivity index (χ3n) is 8.50. The molecule has 6 rings (SSSR count). The first-order valence-corrected chi connectivity index (χ1v) is 16.6. The summed E-state index contributed by atoms with van der Waals surface area (Å²) >= 11 is 1.38. The number of piperazine rings is 1. The van der Waals surface area contributed by atoms with Crippen LogP contribution in [0.2, 0.25) is 0 Å². The summed E-state index contributed by atoms with van der Waals surface area (Å²) in [5, 5.41) is 6.60. The summed E-state index contributed by atoms with van der Waals surface area (Å²) in [5.74, 6) is -0.130. The standard InChI is InChI=1S/C35H38N8O5S/c1-4-17-41(34(46)37-19-24-9-6-5-7-10-24)42-22-30(44)43-27(18-23-13-15-26(16-14-23)48-35(47)39(2)3)32(45)40(21-29(42)43)20-25-11-8-12-28-31(25)38-33(36)49-28/h4-16,27,29H,1,17-22H2,2-3H3,(H2,36,38)(H,37,46)/t27-,29+/m0/s1. The number of rotatable bonds is 10. The molecule has 2 saturated heterocycles. The van der Waals surface area contributed by atoms with E-state index in [-0.39, 0.29) is 50.4 Å². The Morgan fingerprint density at radius 3 is 2.53 bits per heavy atom. The molecule has 2 aliphatic rings. The largest absolute Gasteiger partial charge is 0.414 e. The fraction of sp³-hybridized carbons (Fsp3) is 0.286. The molecule has 254 valence electrons. The highest BCUT2D eigenvalue weighted by Crippen LogP contribution is 2.32. The van der Waals surface area contributed by atoms with Gasteiger partial charge in [-0.1, -0.05) is 72.0 Å². The lowest BCUT2D eigenvalue weighted by molar-refractivity contribution is -0.157. The molecule has 1 aromatic heterocycles. The topological polar surface area (TPSA) is 145 Å². The van der Waals surface area contributed by atoms with Gasteiger partial charge in [0.25, 0.3) is 0 Å². The quantitative estimate of drug-likeness (QED) is 0.241. The molecule has 5 amide bonds. The number of benzene rings is 3. The Kier molecular flexibility index (Phi) is 9.78. The highest BCUT2D eigenvalue weighted by Gasteiger charge is 2.52. The van der Waals surface area contributed by atoms with Gasteiger partial charge in [-0.2, -0.15) is 5.01 Å². The number of nitrogens with one attached hydrogen (secondary N) is 1. The summed E-state index contributed by atoms with van der Waals surface area (Å²) in [5.41, 5.74) is 9.29. The van der Waals surface area contributed by atoms with Crippen LogP contribution >= 0.6 is 11.3 Å². The zero-order chi connectivity index (χ0) is 34.7. The molecule has 0 saturated carbocycles. The van der Waals surface area contributed by atoms with E-state index >= 15 is 0 Å². The Morgan fingerprint density at radius 2 is 1.82 bits per heavy atom. The number of para-hydroxylation sites is 1. The van der Waals surface area contributed by atoms with Crippen molar-refractivity contribution in [1.29, 1.82) is 0 Å². The van der Waals surface area contributed by atoms with Crippen LogP contribution in [0, 0.1) is 0 Å². The maximum absolute atomic E-state index is 14.3. The predicted octanol–water partition coefficient (Wildman–Crippen LogP) is 3.68. The third kappa shape index (κ3) is 7.20. The molecule has 4 aromatic rings. The Hall–Kier alpha value is -5.47. The van der Waals surface area contributed by atoms with E-state index < -0.39 is 18.3 Å². The number of fused-ring (bicyclic) bond motifs is 2. The van der Waals surface area contributed by atoms with Crippen molar-refractivity contribution in [3.63, 3.8) is 0 Å². The number of nitrogen functional groups attached to an aromatic ring is 1. The van der Waals surface area contributed by atoms with Gasteiger partial charge in [-0.25, -0.2) is 14.6 Å². The van der Waals surface area contributed by atoms with Crippen LogP contribution in [0.15, 0.2) is 85.5 Å². The van der Waals surface area contributed by atoms with Crippen LogP contribution in [0.25, 0.3) is 10.2 Å². The van der Waals surface area contributed by atoms with Gasteiger partial charge in [-0.15, -0.1) is 6.58 Å². The smallest absolute Gasteiger partial charge is 0.410 e. The first-order chi connectivity index (χ1) is 23.6. The number of hydrogen-bond donors (Lipinski definition) is 2. The molecule has 13 nitrogen and oxygen atoms in total. The van der Waals surface area contributed by atoms with E-state index in [1.807, 2.05) is 48.5 Å². The number of anilines is 1. The van der Waals surface area contributed by atoms with Gasteiger partial charge in [0.2, 0.25) is 11.8 Å². The summed E-state index contributed by atoms with van der Waals surface area (Å²) in [6, 6.07) is 20.9. The molecule has 0 aliphatic carbocycles. The number of carbonyl (C=O) groups is 4. The first-order valence-electron chi connectivity index (χ1n) is 15.8. The summed E-state index contributed by atoms with van der Waals surface area (Å²) < 4.78 is 6.27. The zero-order valence-corrected chi connectivity index (χ0v) is 28.1. The van der Waals surface area contributed by atoms with Crippen molar-refractivity contribution in [2.75, 3.05) is 39.5 Å². The number of amides is 5. The van der Waals surface area contributed by atoms with Gasteiger partial charge in [0.15, 0.2) is 5.13 Å². The molecule has 3 heterocycles. The molecule has 14 heteroatoms. The normalized spacial score (nSPS) is 17.6. The van der Waals surface area contributed by atoms with Gasteiger partial charge in [-0.05, 0) is 34.9 Å². The third-order valence-corrected chi connectivity index (χ3v) is 9.35. The Morgan fingerprint density at radius 1 is 1.06 bits per heavy atom. The molecule has 2 fully saturated rings. The zero-order valence-electron chi connectivity index (χ0n) is 27.3. The summed E-state index contributed by atoms with van der Waals surface area (Å²) in [6.07, 6.45) is 0.683. The second-order valence-corrected chi connectivity index (χ2v) is 13.1. The first kappa shape index (κ1) is 33.4. The van der Waals surface area contributed by atoms with Crippen LogP contribution < -0.4 is 15.8 Å². The van der Waals surface area contributed by atoms with Crippen molar-refractivity contribution < 1.29 is 23.9 Å². The highest BCUT2D eigenvalue weighted by molar-refractivity contribution is 7.22. The van der Waals surface area contributed by atoms with Gasteiger partial charge >= 0.3 is 12.1 Å². The SMILES string of the molecule is C=CCN(C(=O)NCc1ccccc1)N1CC(=O)N2[C@@H](Cc3ccc(OC(=O)N(C)C)cc3)C(=O)N(Cc3cccc4sc(N)nc34)C[C@@H]21. The van der Waals surface area contributed by atoms with E-state index in [9.17, 15) is 19.2 Å². The maximum Gasteiger partial charge on any atom is 0.414 e. The molecule has 0 radical (unpaired) electrons. The number of nitrogens with zero attached hydrogens (tertiary/aromatic N) is 6. The molecular weight excluding hydrogens is 645 g/mol. The van der Waals surface area contributed by atoms with Crippen LogP contribution in [0.5, 0.6) is 5.75 Å². The van der Waals surface area contributed by atoms with Crippen LogP contribution in [0.4, 0.5) is 14.7 Å². The van der Waals surface area contributed by atoms with Crippen molar-refractivity contribution >= 4 is 50.6 Å². The second kappa shape index (κ2) is 14.3. The van der Waals surface area contributed by atoms with Gasteiger partial charge in [0.05, 0.1) is 29.9 Å². The number of thiazole rings is 1. The number of aromatic nitrogens is 1. The van der Waals surface area contributed by atoms with Crippen molar-refractivity contribution in [2.24, 2.45) is 0 Å². The molecule has 3 aromatic carbocycles. The Balaban J connectivity index is 1.30. The van der Waals surface area contributed by atoms with E-state index in [0.717, 1.165) is 26.9 Å². The van der Waals surface area contributed by atoms with E-state index in [4.69, 9.17) is 10.5 Å². The highest BCUT2D eigenvalue weighted by atomic mass is 32.1. The van der Waals surface area contributed by atoms with Crippen LogP contribution in [-0.4, -0.2) is 99.6 Å². The number of nitrogens with two attached hydrogens (primary N) is 1. The van der Waals surface area contributed by atoms with Gasteiger partial charge in [-0.3, -0.25) is 14.6 Å². The minimum atomic E-state index is -0.857. The summed E-state index contributed by atoms with van der Waals surface area (Å²) in [7, 11) is 3.19. The molecule has 2 aliphatic heterocycles. The lowest BCUT2D eigenvalue weighted by Gasteiger charge is -2.46. The molecule has 3 N–H and O–H groups in total. The van der Waals surface area contributed by atoms with Crippen molar-refractivity contribution in [1.82, 2.24) is 35.0 Å². The van der Waals surface area contributed by atoms with Crippen LogP contribution in [0.1, 0.15) is 16.7 Å². The molecule has 2 atom stereocenters. The number of hydrazine groups is 1. The molecular formula is C35H38N8O5S. The van der Waals surface area contributed by atoms with Gasteiger partial charge in [0, 0.05) is 33.6 Å². The lowest BCUT2D eigenvalue weighted by Crippen LogP contribution is -2.66. The predicted molar refractivity (Wildman–Crippen MR) is 186 cm³/mol. The molecule has 49 heavy (non-hydrogen) atoms. The molecule has 0 bridgehead atoms. The average Bonchev–Trinajstić information content (AvgIpc) is 3.64. The molecule has 0 spiro atoms. The monoisotopic (exact) mass is 682 g/mol. The van der Waals surface area contributed by atoms with Crippen molar-refractivity contribution in [3.05, 3.63) is 102 Å². The summed E-state index contributed by atoms with van der Waals surface area (Å²) in [6.45, 7) is 4.62. The van der Waals surface area contributed by atoms with Gasteiger partial charge < -0.3 is 30.5 Å². The van der Waals surface area contributed by atoms with E-state index in [0.29, 0.717) is 17.4 Å². The van der Waals surface area contributed by atoms with E-state index in [1.54, 1.807) is 59.2 Å². The second-order valence-electron chi connectivity index (χ2n) is 12.1. The summed E-state index contributed by atoms with van der Waals surface area (Å²) in [4.78, 5) is 63.0. The van der Waals surface area contributed by atoms with Crippen LogP contribution in [0.3, 0.4) is 0 Å². The maximum atomic E-state index is 14.3. The van der Waals surface area contributed by atoms with Crippen LogP contribution in [-0.2, 0) is 29.1 Å². The van der Waals surface area contributed by atoms with Crippen molar-refractivity contribution in [2.45, 2.75) is 31.7 Å². The lowest BCUT2D eigenvalue weighted by atomic mass is 9.99. The Bertz CT molecular complexity index is 1860. The van der Waals surface area contributed by atoms with Crippen molar-refractivity contribution in [3.8, 4) is 5.75 Å². The minimum absolute atomic E-state index is 0.0908. The number of carbonyl (C=O) groups excluding carboxylic acids is 4. The minimum Gasteiger partial charge on any atom is -0.410 e. The fourth-order valence-electron chi connectivity index (χ4n) is 6.15. The van der Waals surface area contributed by atoms with E-state index in [2.05, 4.69) is 16.9 Å². The number of hydrogen-bond acceptors (Lipinski definition) is 9. The Labute approximate surface area is 288 Å². The average molecular weight is 683 g/mol. The molecule has 0 unspecified atom stereocenters. The fourth-order valence-corrected chi connectivity index (χ4v) is 6.93. The van der Waals surface area contributed by atoms with Gasteiger partial charge in [0.1, 0.15) is 18.0 Å². The van der Waals surface area contributed by atoms with E-state index in [1.165, 1.54) is 21.2 Å². The number of ether oxygens (including phenoxy) is 1.